The number of hydrogen-bond donors (Lipinski definition) is 0. The van der Waals surface area contributed by atoms with Gasteiger partial charge >= 0.3 is 0 Å². The molecule has 0 aliphatic carbocycles. The standard InChI is InChI=1S/C20H20FN3O2S/c1-4-24-19(15-7-11-17(26-3)12-8-15)22-23-20(24)27-13(2)18(25)14-5-9-16(21)10-6-14/h5-13H,4H2,1-3H3/t13-/m1/s1. The third-order valence-electron chi connectivity index (χ3n) is 4.16. The van der Waals surface area contributed by atoms with Gasteiger partial charge in [0, 0.05) is 17.7 Å². The summed E-state index contributed by atoms with van der Waals surface area (Å²) in [6.45, 7) is 4.50. The van der Waals surface area contributed by atoms with Crippen molar-refractivity contribution in [3.05, 3.63) is 59.9 Å². The number of halogens is 1. The van der Waals surface area contributed by atoms with Crippen molar-refractivity contribution in [1.82, 2.24) is 14.8 Å². The number of Topliss-reactive ketones (excluding diaryl/α,β-unsaturated/α-hetero) is 1. The molecule has 0 fully saturated rings. The van der Waals surface area contributed by atoms with E-state index in [0.717, 1.165) is 17.1 Å². The summed E-state index contributed by atoms with van der Waals surface area (Å²) in [7, 11) is 1.62. The summed E-state index contributed by atoms with van der Waals surface area (Å²) in [6, 6.07) is 13.2. The Morgan fingerprint density at radius 1 is 1.15 bits per heavy atom. The fourth-order valence-electron chi connectivity index (χ4n) is 2.68. The maximum absolute atomic E-state index is 13.1. The molecule has 3 rings (SSSR count). The Labute approximate surface area is 161 Å². The van der Waals surface area contributed by atoms with Crippen LogP contribution in [0.25, 0.3) is 11.4 Å². The van der Waals surface area contributed by atoms with Gasteiger partial charge in [-0.1, -0.05) is 11.8 Å². The molecule has 3 aromatic rings. The number of methoxy groups -OCH3 is 1. The third kappa shape index (κ3) is 4.19. The van der Waals surface area contributed by atoms with Gasteiger partial charge < -0.3 is 9.30 Å². The Kier molecular flexibility index (Phi) is 5.91. The Bertz CT molecular complexity index is 923. The van der Waals surface area contributed by atoms with Gasteiger partial charge in [-0.25, -0.2) is 4.39 Å². The van der Waals surface area contributed by atoms with Crippen molar-refractivity contribution in [2.24, 2.45) is 0 Å². The van der Waals surface area contributed by atoms with Crippen molar-refractivity contribution in [3.63, 3.8) is 0 Å². The van der Waals surface area contributed by atoms with E-state index in [9.17, 15) is 9.18 Å². The Morgan fingerprint density at radius 3 is 2.41 bits per heavy atom. The zero-order chi connectivity index (χ0) is 19.4. The van der Waals surface area contributed by atoms with Crippen LogP contribution in [0.4, 0.5) is 4.39 Å². The van der Waals surface area contributed by atoms with Crippen LogP contribution in [0, 0.1) is 5.82 Å². The lowest BCUT2D eigenvalue weighted by atomic mass is 10.1. The first-order chi connectivity index (χ1) is 13.0. The number of aromatic nitrogens is 3. The van der Waals surface area contributed by atoms with Gasteiger partial charge in [0.1, 0.15) is 11.6 Å². The van der Waals surface area contributed by atoms with Gasteiger partial charge in [0.15, 0.2) is 16.8 Å². The van der Waals surface area contributed by atoms with Crippen LogP contribution >= 0.6 is 11.8 Å². The second-order valence-corrected chi connectivity index (χ2v) is 7.22. The quantitative estimate of drug-likeness (QED) is 0.443. The minimum absolute atomic E-state index is 0.0725. The highest BCUT2D eigenvalue weighted by molar-refractivity contribution is 8.00. The van der Waals surface area contributed by atoms with Gasteiger partial charge in [-0.15, -0.1) is 10.2 Å². The highest BCUT2D eigenvalue weighted by Crippen LogP contribution is 2.29. The molecular formula is C20H20FN3O2S. The van der Waals surface area contributed by atoms with Crippen molar-refractivity contribution in [2.75, 3.05) is 7.11 Å². The van der Waals surface area contributed by atoms with Crippen molar-refractivity contribution in [2.45, 2.75) is 30.8 Å². The highest BCUT2D eigenvalue weighted by Gasteiger charge is 2.21. The molecule has 0 aliphatic heterocycles. The van der Waals surface area contributed by atoms with Crippen LogP contribution in [0.15, 0.2) is 53.7 Å². The average molecular weight is 385 g/mol. The number of ether oxygens (including phenoxy) is 1. The number of thioether (sulfide) groups is 1. The molecule has 0 unspecified atom stereocenters. The van der Waals surface area contributed by atoms with Gasteiger partial charge in [-0.3, -0.25) is 4.79 Å². The number of ketones is 1. The fraction of sp³-hybridized carbons (Fsp3) is 0.250. The molecule has 1 atom stereocenters. The summed E-state index contributed by atoms with van der Waals surface area (Å²) in [4.78, 5) is 12.6. The number of rotatable bonds is 7. The molecule has 0 bridgehead atoms. The molecule has 1 heterocycles. The number of carbonyl (C=O) groups excluding carboxylic acids is 1. The minimum atomic E-state index is -0.367. The van der Waals surface area contributed by atoms with Gasteiger partial charge in [-0.05, 0) is 62.4 Å². The van der Waals surface area contributed by atoms with Crippen LogP contribution in [0.2, 0.25) is 0 Å². The first-order valence-corrected chi connectivity index (χ1v) is 9.45. The summed E-state index contributed by atoms with van der Waals surface area (Å²) >= 11 is 1.35. The molecule has 0 saturated carbocycles. The van der Waals surface area contributed by atoms with E-state index in [1.165, 1.54) is 36.0 Å². The highest BCUT2D eigenvalue weighted by atomic mass is 32.2. The van der Waals surface area contributed by atoms with Crippen LogP contribution in [0.3, 0.4) is 0 Å². The zero-order valence-corrected chi connectivity index (χ0v) is 16.2. The monoisotopic (exact) mass is 385 g/mol. The topological polar surface area (TPSA) is 57.0 Å². The lowest BCUT2D eigenvalue weighted by molar-refractivity contribution is 0.0994. The molecule has 140 valence electrons. The van der Waals surface area contributed by atoms with E-state index in [0.29, 0.717) is 17.3 Å². The molecular weight excluding hydrogens is 365 g/mol. The lowest BCUT2D eigenvalue weighted by Gasteiger charge is -2.12. The molecule has 27 heavy (non-hydrogen) atoms. The van der Waals surface area contributed by atoms with E-state index in [1.54, 1.807) is 7.11 Å². The van der Waals surface area contributed by atoms with E-state index >= 15 is 0 Å². The summed E-state index contributed by atoms with van der Waals surface area (Å²) < 4.78 is 20.2. The van der Waals surface area contributed by atoms with Crippen molar-refractivity contribution < 1.29 is 13.9 Å². The normalized spacial score (nSPS) is 12.0. The molecule has 2 aromatic carbocycles. The van der Waals surface area contributed by atoms with E-state index in [1.807, 2.05) is 42.7 Å². The molecule has 0 radical (unpaired) electrons. The Hall–Kier alpha value is -2.67. The van der Waals surface area contributed by atoms with Gasteiger partial charge in [-0.2, -0.15) is 0 Å². The van der Waals surface area contributed by atoms with Crippen LogP contribution < -0.4 is 4.74 Å². The maximum Gasteiger partial charge on any atom is 0.192 e. The summed E-state index contributed by atoms with van der Waals surface area (Å²) in [5.41, 5.74) is 1.41. The predicted molar refractivity (Wildman–Crippen MR) is 104 cm³/mol. The smallest absolute Gasteiger partial charge is 0.192 e. The van der Waals surface area contributed by atoms with Crippen molar-refractivity contribution in [3.8, 4) is 17.1 Å². The number of benzene rings is 2. The van der Waals surface area contributed by atoms with Gasteiger partial charge in [0.25, 0.3) is 0 Å². The van der Waals surface area contributed by atoms with Gasteiger partial charge in [0.2, 0.25) is 0 Å². The SMILES string of the molecule is CCn1c(S[C@H](C)C(=O)c2ccc(F)cc2)nnc1-c1ccc(OC)cc1. The van der Waals surface area contributed by atoms with Crippen LogP contribution in [0.5, 0.6) is 5.75 Å². The zero-order valence-electron chi connectivity index (χ0n) is 15.3. The van der Waals surface area contributed by atoms with Crippen molar-refractivity contribution in [1.29, 1.82) is 0 Å². The maximum atomic E-state index is 13.1. The molecule has 0 N–H and O–H groups in total. The second-order valence-electron chi connectivity index (χ2n) is 5.91. The molecule has 7 heteroatoms. The fourth-order valence-corrected chi connectivity index (χ4v) is 3.67. The predicted octanol–water partition coefficient (Wildman–Crippen LogP) is 4.48. The van der Waals surface area contributed by atoms with E-state index < -0.39 is 0 Å². The number of hydrogen-bond acceptors (Lipinski definition) is 5. The minimum Gasteiger partial charge on any atom is -0.497 e. The molecule has 5 nitrogen and oxygen atoms in total. The van der Waals surface area contributed by atoms with Crippen LogP contribution in [0.1, 0.15) is 24.2 Å². The van der Waals surface area contributed by atoms with Gasteiger partial charge in [0.05, 0.1) is 12.4 Å². The summed E-state index contributed by atoms with van der Waals surface area (Å²) in [5, 5.41) is 8.87. The second kappa shape index (κ2) is 8.35. The number of carbonyl (C=O) groups is 1. The van der Waals surface area contributed by atoms with Crippen LogP contribution in [-0.2, 0) is 6.54 Å². The van der Waals surface area contributed by atoms with Crippen molar-refractivity contribution >= 4 is 17.5 Å². The molecule has 0 amide bonds. The van der Waals surface area contributed by atoms with E-state index in [4.69, 9.17) is 4.74 Å². The molecule has 0 saturated heterocycles. The third-order valence-corrected chi connectivity index (χ3v) is 5.24. The summed E-state index contributed by atoms with van der Waals surface area (Å²) in [5.74, 6) is 1.08. The first kappa shape index (κ1) is 19.1. The lowest BCUT2D eigenvalue weighted by Crippen LogP contribution is -2.14. The first-order valence-electron chi connectivity index (χ1n) is 8.57. The number of nitrogens with zero attached hydrogens (tertiary/aromatic N) is 3. The average Bonchev–Trinajstić information content (AvgIpc) is 3.10. The van der Waals surface area contributed by atoms with E-state index in [2.05, 4.69) is 10.2 Å². The molecule has 1 aromatic heterocycles. The Morgan fingerprint density at radius 2 is 1.81 bits per heavy atom. The van der Waals surface area contributed by atoms with E-state index in [-0.39, 0.29) is 16.9 Å². The molecule has 0 aliphatic rings. The van der Waals surface area contributed by atoms with Crippen LogP contribution in [-0.4, -0.2) is 32.9 Å². The Balaban J connectivity index is 1.81. The molecule has 0 spiro atoms. The summed E-state index contributed by atoms with van der Waals surface area (Å²) in [6.07, 6.45) is 0. The largest absolute Gasteiger partial charge is 0.497 e.